The van der Waals surface area contributed by atoms with Gasteiger partial charge in [-0.3, -0.25) is 0 Å². The van der Waals surface area contributed by atoms with E-state index in [4.69, 9.17) is 4.42 Å². The molecule has 0 bridgehead atoms. The maximum Gasteiger partial charge on any atom is 0.133 e. The molecule has 0 aliphatic rings. The first-order valence-corrected chi connectivity index (χ1v) is 5.80. The normalized spacial score (nSPS) is 10.9. The zero-order valence-electron chi connectivity index (χ0n) is 8.83. The minimum atomic E-state index is 0.524. The predicted molar refractivity (Wildman–Crippen MR) is 65.9 cm³/mol. The molecule has 2 rings (SSSR count). The molecule has 0 saturated heterocycles. The lowest BCUT2D eigenvalue weighted by Crippen LogP contribution is -1.88. The average molecular weight is 265 g/mol. The number of halogens is 1. The lowest BCUT2D eigenvalue weighted by Gasteiger charge is -2.08. The van der Waals surface area contributed by atoms with E-state index in [9.17, 15) is 0 Å². The highest BCUT2D eigenvalue weighted by Crippen LogP contribution is 2.28. The largest absolute Gasteiger partial charge is 0.464 e. The van der Waals surface area contributed by atoms with E-state index in [-0.39, 0.29) is 0 Å². The number of benzene rings is 1. The molecular formula is C13H13BrO. The third-order valence-electron chi connectivity index (χ3n) is 2.39. The van der Waals surface area contributed by atoms with Crippen LogP contribution in [0.25, 0.3) is 11.3 Å². The van der Waals surface area contributed by atoms with E-state index >= 15 is 0 Å². The van der Waals surface area contributed by atoms with Gasteiger partial charge < -0.3 is 4.42 Å². The topological polar surface area (TPSA) is 13.1 Å². The molecule has 0 fully saturated rings. The van der Waals surface area contributed by atoms with E-state index in [0.717, 1.165) is 15.8 Å². The molecule has 78 valence electrons. The fraction of sp³-hybridized carbons (Fsp3) is 0.231. The molecular weight excluding hydrogens is 252 g/mol. The molecule has 2 aromatic rings. The van der Waals surface area contributed by atoms with Crippen LogP contribution < -0.4 is 0 Å². The first kappa shape index (κ1) is 10.5. The highest BCUT2D eigenvalue weighted by Gasteiger charge is 2.06. The van der Waals surface area contributed by atoms with Gasteiger partial charge >= 0.3 is 0 Å². The van der Waals surface area contributed by atoms with Crippen LogP contribution in [0.2, 0.25) is 0 Å². The van der Waals surface area contributed by atoms with Crippen molar-refractivity contribution in [3.8, 4) is 11.3 Å². The standard InChI is InChI=1S/C13H13BrO/c1-9(2)10-6-11(8-12(14)7-10)13-4-3-5-15-13/h3-9H,1-2H3. The molecule has 1 nitrogen and oxygen atoms in total. The zero-order chi connectivity index (χ0) is 10.8. The van der Waals surface area contributed by atoms with Gasteiger partial charge in [-0.1, -0.05) is 29.8 Å². The predicted octanol–water partition coefficient (Wildman–Crippen LogP) is 4.83. The van der Waals surface area contributed by atoms with Crippen molar-refractivity contribution in [3.05, 3.63) is 46.6 Å². The fourth-order valence-electron chi connectivity index (χ4n) is 1.53. The van der Waals surface area contributed by atoms with Crippen LogP contribution in [-0.4, -0.2) is 0 Å². The Labute approximate surface area is 98.2 Å². The van der Waals surface area contributed by atoms with Crippen LogP contribution in [0.5, 0.6) is 0 Å². The van der Waals surface area contributed by atoms with Gasteiger partial charge in [0.15, 0.2) is 0 Å². The molecule has 1 aromatic carbocycles. The maximum absolute atomic E-state index is 5.39. The minimum Gasteiger partial charge on any atom is -0.464 e. The summed E-state index contributed by atoms with van der Waals surface area (Å²) in [6, 6.07) is 10.3. The van der Waals surface area contributed by atoms with E-state index in [2.05, 4.69) is 48.0 Å². The lowest BCUT2D eigenvalue weighted by molar-refractivity contribution is 0.582. The molecule has 0 amide bonds. The van der Waals surface area contributed by atoms with E-state index in [0.29, 0.717) is 5.92 Å². The molecule has 0 radical (unpaired) electrons. The molecule has 0 aliphatic heterocycles. The molecule has 0 saturated carbocycles. The van der Waals surface area contributed by atoms with Crippen LogP contribution in [0.15, 0.2) is 45.5 Å². The maximum atomic E-state index is 5.39. The summed E-state index contributed by atoms with van der Waals surface area (Å²) in [5.74, 6) is 1.44. The average Bonchev–Trinajstić information content (AvgIpc) is 2.69. The highest BCUT2D eigenvalue weighted by molar-refractivity contribution is 9.10. The Bertz CT molecular complexity index is 444. The number of hydrogen-bond acceptors (Lipinski definition) is 1. The lowest BCUT2D eigenvalue weighted by atomic mass is 10.0. The van der Waals surface area contributed by atoms with Crippen molar-refractivity contribution in [1.29, 1.82) is 0 Å². The molecule has 15 heavy (non-hydrogen) atoms. The number of furan rings is 1. The van der Waals surface area contributed by atoms with Crippen LogP contribution in [0.4, 0.5) is 0 Å². The van der Waals surface area contributed by atoms with E-state index in [1.807, 2.05) is 12.1 Å². The third-order valence-corrected chi connectivity index (χ3v) is 2.85. The van der Waals surface area contributed by atoms with Gasteiger partial charge in [0, 0.05) is 10.0 Å². The van der Waals surface area contributed by atoms with E-state index in [1.165, 1.54) is 5.56 Å². The van der Waals surface area contributed by atoms with Crippen molar-refractivity contribution in [1.82, 2.24) is 0 Å². The van der Waals surface area contributed by atoms with E-state index < -0.39 is 0 Å². The summed E-state index contributed by atoms with van der Waals surface area (Å²) in [6.45, 7) is 4.38. The summed E-state index contributed by atoms with van der Waals surface area (Å²) in [7, 11) is 0. The second-order valence-electron chi connectivity index (χ2n) is 3.91. The Hall–Kier alpha value is -1.02. The zero-order valence-corrected chi connectivity index (χ0v) is 10.4. The van der Waals surface area contributed by atoms with E-state index in [1.54, 1.807) is 6.26 Å². The van der Waals surface area contributed by atoms with Gasteiger partial charge in [0.25, 0.3) is 0 Å². The molecule has 1 aromatic heterocycles. The quantitative estimate of drug-likeness (QED) is 0.757. The van der Waals surface area contributed by atoms with Crippen molar-refractivity contribution in [2.75, 3.05) is 0 Å². The molecule has 1 heterocycles. The Morgan fingerprint density at radius 3 is 2.60 bits per heavy atom. The smallest absolute Gasteiger partial charge is 0.133 e. The Morgan fingerprint density at radius 1 is 1.20 bits per heavy atom. The van der Waals surface area contributed by atoms with Gasteiger partial charge in [0.1, 0.15) is 5.76 Å². The highest BCUT2D eigenvalue weighted by atomic mass is 79.9. The van der Waals surface area contributed by atoms with Crippen molar-refractivity contribution >= 4 is 15.9 Å². The number of hydrogen-bond donors (Lipinski definition) is 0. The third kappa shape index (κ3) is 2.32. The molecule has 0 N–H and O–H groups in total. The number of rotatable bonds is 2. The van der Waals surface area contributed by atoms with Gasteiger partial charge in [-0.15, -0.1) is 0 Å². The molecule has 2 heteroatoms. The summed E-state index contributed by atoms with van der Waals surface area (Å²) in [6.07, 6.45) is 1.70. The second kappa shape index (κ2) is 4.23. The summed E-state index contributed by atoms with van der Waals surface area (Å²) in [4.78, 5) is 0. The first-order valence-electron chi connectivity index (χ1n) is 5.01. The molecule has 0 atom stereocenters. The Balaban J connectivity index is 2.49. The summed E-state index contributed by atoms with van der Waals surface area (Å²) >= 11 is 3.53. The van der Waals surface area contributed by atoms with Crippen LogP contribution in [0, 0.1) is 0 Å². The molecule has 0 unspecified atom stereocenters. The summed E-state index contributed by atoms with van der Waals surface area (Å²) in [5, 5.41) is 0. The van der Waals surface area contributed by atoms with Crippen molar-refractivity contribution in [2.24, 2.45) is 0 Å². The summed E-state index contributed by atoms with van der Waals surface area (Å²) < 4.78 is 6.49. The Kier molecular flexibility index (Phi) is 2.96. The van der Waals surface area contributed by atoms with Crippen molar-refractivity contribution in [2.45, 2.75) is 19.8 Å². The van der Waals surface area contributed by atoms with Crippen LogP contribution in [-0.2, 0) is 0 Å². The van der Waals surface area contributed by atoms with Crippen LogP contribution in [0.3, 0.4) is 0 Å². The SMILES string of the molecule is CC(C)c1cc(Br)cc(-c2ccco2)c1. The molecule has 0 spiro atoms. The van der Waals surface area contributed by atoms with Gasteiger partial charge in [0.05, 0.1) is 6.26 Å². The van der Waals surface area contributed by atoms with Crippen LogP contribution >= 0.6 is 15.9 Å². The molecule has 0 aliphatic carbocycles. The fourth-order valence-corrected chi connectivity index (χ4v) is 2.04. The monoisotopic (exact) mass is 264 g/mol. The summed E-state index contributed by atoms with van der Waals surface area (Å²) in [5.41, 5.74) is 2.44. The minimum absolute atomic E-state index is 0.524. The van der Waals surface area contributed by atoms with Crippen LogP contribution in [0.1, 0.15) is 25.3 Å². The van der Waals surface area contributed by atoms with Crippen molar-refractivity contribution < 1.29 is 4.42 Å². The second-order valence-corrected chi connectivity index (χ2v) is 4.82. The first-order chi connectivity index (χ1) is 7.16. The van der Waals surface area contributed by atoms with Gasteiger partial charge in [0.2, 0.25) is 0 Å². The van der Waals surface area contributed by atoms with Gasteiger partial charge in [-0.25, -0.2) is 0 Å². The van der Waals surface area contributed by atoms with Gasteiger partial charge in [-0.05, 0) is 41.8 Å². The Morgan fingerprint density at radius 2 is 2.00 bits per heavy atom. The van der Waals surface area contributed by atoms with Gasteiger partial charge in [-0.2, -0.15) is 0 Å². The van der Waals surface area contributed by atoms with Crippen molar-refractivity contribution in [3.63, 3.8) is 0 Å².